The van der Waals surface area contributed by atoms with Crippen LogP contribution in [0.25, 0.3) is 0 Å². The predicted octanol–water partition coefficient (Wildman–Crippen LogP) is 2.27. The molecule has 3 atom stereocenters. The summed E-state index contributed by atoms with van der Waals surface area (Å²) < 4.78 is 0. The van der Waals surface area contributed by atoms with Gasteiger partial charge in [0.05, 0.1) is 0 Å². The van der Waals surface area contributed by atoms with Crippen molar-refractivity contribution >= 4 is 0 Å². The molecule has 1 rings (SSSR count). The standard InChI is InChI=1S/C13H26N2/c1-5-7-8-15-10-13(11(3)6-2)14-9-12(15)4/h5,11-14H,1,6-10H2,2-4H3. The summed E-state index contributed by atoms with van der Waals surface area (Å²) in [6, 6.07) is 1.35. The van der Waals surface area contributed by atoms with Crippen LogP contribution in [0, 0.1) is 5.92 Å². The minimum Gasteiger partial charge on any atom is -0.311 e. The molecule has 3 unspecified atom stereocenters. The molecular formula is C13H26N2. The summed E-state index contributed by atoms with van der Waals surface area (Å²) in [5, 5.41) is 3.66. The van der Waals surface area contributed by atoms with Crippen molar-refractivity contribution in [2.75, 3.05) is 19.6 Å². The van der Waals surface area contributed by atoms with Gasteiger partial charge in [-0.1, -0.05) is 26.3 Å². The predicted molar refractivity (Wildman–Crippen MR) is 67.1 cm³/mol. The van der Waals surface area contributed by atoms with Gasteiger partial charge < -0.3 is 5.32 Å². The molecule has 0 aromatic carbocycles. The average Bonchev–Trinajstić information content (AvgIpc) is 2.27. The third-order valence-electron chi connectivity index (χ3n) is 3.68. The van der Waals surface area contributed by atoms with Crippen LogP contribution in [0.5, 0.6) is 0 Å². The molecule has 1 saturated heterocycles. The Kier molecular flexibility index (Phi) is 5.34. The second kappa shape index (κ2) is 6.29. The fourth-order valence-corrected chi connectivity index (χ4v) is 2.18. The van der Waals surface area contributed by atoms with Crippen molar-refractivity contribution in [3.8, 4) is 0 Å². The maximum atomic E-state index is 3.80. The maximum Gasteiger partial charge on any atom is 0.0221 e. The Morgan fingerprint density at radius 3 is 2.93 bits per heavy atom. The molecule has 0 aromatic heterocycles. The Balaban J connectivity index is 2.44. The minimum absolute atomic E-state index is 0.672. The summed E-state index contributed by atoms with van der Waals surface area (Å²) in [6.45, 7) is 14.2. The summed E-state index contributed by atoms with van der Waals surface area (Å²) in [5.41, 5.74) is 0. The highest BCUT2D eigenvalue weighted by Crippen LogP contribution is 2.15. The van der Waals surface area contributed by atoms with Crippen molar-refractivity contribution < 1.29 is 0 Å². The number of nitrogens with zero attached hydrogens (tertiary/aromatic N) is 1. The van der Waals surface area contributed by atoms with E-state index in [0.29, 0.717) is 12.1 Å². The topological polar surface area (TPSA) is 15.3 Å². The normalized spacial score (nSPS) is 30.1. The van der Waals surface area contributed by atoms with Crippen molar-refractivity contribution in [1.82, 2.24) is 10.2 Å². The van der Waals surface area contributed by atoms with Crippen LogP contribution < -0.4 is 5.32 Å². The largest absolute Gasteiger partial charge is 0.311 e. The van der Waals surface area contributed by atoms with Crippen LogP contribution in [0.1, 0.15) is 33.6 Å². The van der Waals surface area contributed by atoms with Gasteiger partial charge >= 0.3 is 0 Å². The van der Waals surface area contributed by atoms with Crippen LogP contribution in [0.4, 0.5) is 0 Å². The van der Waals surface area contributed by atoms with E-state index in [0.717, 1.165) is 18.9 Å². The first-order chi connectivity index (χ1) is 7.19. The van der Waals surface area contributed by atoms with Crippen LogP contribution in [0.2, 0.25) is 0 Å². The van der Waals surface area contributed by atoms with E-state index >= 15 is 0 Å². The number of piperazine rings is 1. The summed E-state index contributed by atoms with van der Waals surface area (Å²) in [5.74, 6) is 0.781. The quantitative estimate of drug-likeness (QED) is 0.700. The Bertz CT molecular complexity index is 191. The fourth-order valence-electron chi connectivity index (χ4n) is 2.18. The molecule has 0 amide bonds. The lowest BCUT2D eigenvalue weighted by molar-refractivity contribution is 0.121. The van der Waals surface area contributed by atoms with Crippen molar-refractivity contribution in [3.63, 3.8) is 0 Å². The van der Waals surface area contributed by atoms with E-state index in [2.05, 4.69) is 37.6 Å². The highest BCUT2D eigenvalue weighted by molar-refractivity contribution is 4.87. The molecule has 2 nitrogen and oxygen atoms in total. The lowest BCUT2D eigenvalue weighted by Crippen LogP contribution is -2.57. The highest BCUT2D eigenvalue weighted by atomic mass is 15.2. The van der Waals surface area contributed by atoms with E-state index in [1.54, 1.807) is 0 Å². The fraction of sp³-hybridized carbons (Fsp3) is 0.846. The molecule has 1 N–H and O–H groups in total. The third-order valence-corrected chi connectivity index (χ3v) is 3.68. The SMILES string of the molecule is C=CCCN1CC(C(C)CC)NCC1C. The molecule has 88 valence electrons. The lowest BCUT2D eigenvalue weighted by Gasteiger charge is -2.40. The molecule has 0 saturated carbocycles. The van der Waals surface area contributed by atoms with Crippen LogP contribution in [0.3, 0.4) is 0 Å². The van der Waals surface area contributed by atoms with Gasteiger partial charge in [-0.3, -0.25) is 4.90 Å². The maximum absolute atomic E-state index is 3.80. The minimum atomic E-state index is 0.672. The van der Waals surface area contributed by atoms with Crippen molar-refractivity contribution in [2.45, 2.75) is 45.7 Å². The monoisotopic (exact) mass is 210 g/mol. The first kappa shape index (κ1) is 12.7. The van der Waals surface area contributed by atoms with Crippen LogP contribution in [-0.4, -0.2) is 36.6 Å². The van der Waals surface area contributed by atoms with Crippen molar-refractivity contribution in [1.29, 1.82) is 0 Å². The van der Waals surface area contributed by atoms with Crippen LogP contribution in [0.15, 0.2) is 12.7 Å². The first-order valence-corrected chi connectivity index (χ1v) is 6.27. The van der Waals surface area contributed by atoms with Gasteiger partial charge in [0.1, 0.15) is 0 Å². The second-order valence-corrected chi connectivity index (χ2v) is 4.82. The van der Waals surface area contributed by atoms with E-state index < -0.39 is 0 Å². The van der Waals surface area contributed by atoms with Gasteiger partial charge in [0, 0.05) is 31.7 Å². The van der Waals surface area contributed by atoms with E-state index in [1.165, 1.54) is 19.5 Å². The molecule has 0 bridgehead atoms. The molecular weight excluding hydrogens is 184 g/mol. The highest BCUT2D eigenvalue weighted by Gasteiger charge is 2.26. The molecule has 0 aromatic rings. The van der Waals surface area contributed by atoms with Gasteiger partial charge in [0.15, 0.2) is 0 Å². The molecule has 1 aliphatic rings. The molecule has 2 heteroatoms. The summed E-state index contributed by atoms with van der Waals surface area (Å²) >= 11 is 0. The average molecular weight is 210 g/mol. The lowest BCUT2D eigenvalue weighted by atomic mass is 9.95. The van der Waals surface area contributed by atoms with Crippen LogP contribution >= 0.6 is 0 Å². The molecule has 1 aliphatic heterocycles. The second-order valence-electron chi connectivity index (χ2n) is 4.82. The Labute approximate surface area is 94.7 Å². The van der Waals surface area contributed by atoms with Crippen molar-refractivity contribution in [3.05, 3.63) is 12.7 Å². The zero-order valence-electron chi connectivity index (χ0n) is 10.5. The van der Waals surface area contributed by atoms with Crippen LogP contribution in [-0.2, 0) is 0 Å². The van der Waals surface area contributed by atoms with E-state index in [9.17, 15) is 0 Å². The van der Waals surface area contributed by atoms with E-state index in [4.69, 9.17) is 0 Å². The molecule has 1 fully saturated rings. The van der Waals surface area contributed by atoms with Gasteiger partial charge in [0.2, 0.25) is 0 Å². The first-order valence-electron chi connectivity index (χ1n) is 6.27. The summed E-state index contributed by atoms with van der Waals surface area (Å²) in [4.78, 5) is 2.59. The van der Waals surface area contributed by atoms with Crippen molar-refractivity contribution in [2.24, 2.45) is 5.92 Å². The van der Waals surface area contributed by atoms with E-state index in [1.807, 2.05) is 6.08 Å². The molecule has 0 radical (unpaired) electrons. The van der Waals surface area contributed by atoms with Gasteiger partial charge in [-0.05, 0) is 19.3 Å². The molecule has 0 aliphatic carbocycles. The molecule has 15 heavy (non-hydrogen) atoms. The molecule has 0 spiro atoms. The third kappa shape index (κ3) is 3.62. The van der Waals surface area contributed by atoms with E-state index in [-0.39, 0.29) is 0 Å². The molecule has 1 heterocycles. The summed E-state index contributed by atoms with van der Waals surface area (Å²) in [7, 11) is 0. The Morgan fingerprint density at radius 2 is 2.33 bits per heavy atom. The zero-order chi connectivity index (χ0) is 11.3. The smallest absolute Gasteiger partial charge is 0.0221 e. The van der Waals surface area contributed by atoms with Gasteiger partial charge in [0.25, 0.3) is 0 Å². The Hall–Kier alpha value is -0.340. The van der Waals surface area contributed by atoms with Gasteiger partial charge in [-0.15, -0.1) is 6.58 Å². The summed E-state index contributed by atoms with van der Waals surface area (Å²) in [6.07, 6.45) is 4.39. The van der Waals surface area contributed by atoms with Gasteiger partial charge in [-0.2, -0.15) is 0 Å². The van der Waals surface area contributed by atoms with Gasteiger partial charge in [-0.25, -0.2) is 0 Å². The Morgan fingerprint density at radius 1 is 1.60 bits per heavy atom. The number of hydrogen-bond donors (Lipinski definition) is 1. The number of hydrogen-bond acceptors (Lipinski definition) is 2. The zero-order valence-corrected chi connectivity index (χ0v) is 10.5. The number of rotatable bonds is 5. The number of nitrogens with one attached hydrogen (secondary N) is 1.